The van der Waals surface area contributed by atoms with Gasteiger partial charge in [-0.25, -0.2) is 13.8 Å². The third-order valence-electron chi connectivity index (χ3n) is 5.82. The molecule has 158 valence electrons. The lowest BCUT2D eigenvalue weighted by molar-refractivity contribution is -0.139. The summed E-state index contributed by atoms with van der Waals surface area (Å²) in [6, 6.07) is 13.0. The molecule has 1 aliphatic heterocycles. The average Bonchev–Trinajstić information content (AvgIpc) is 3.43. The molecule has 1 saturated carbocycles. The van der Waals surface area contributed by atoms with Crippen LogP contribution in [0.1, 0.15) is 49.7 Å². The highest BCUT2D eigenvalue weighted by atomic mass is 32.2. The van der Waals surface area contributed by atoms with Crippen LogP contribution >= 0.6 is 11.8 Å². The highest BCUT2D eigenvalue weighted by molar-refractivity contribution is 8.15. The molecule has 0 bridgehead atoms. The van der Waals surface area contributed by atoms with E-state index in [1.54, 1.807) is 5.01 Å². The second-order valence-corrected chi connectivity index (χ2v) is 9.07. The summed E-state index contributed by atoms with van der Waals surface area (Å²) >= 11 is 1.32. The molecule has 1 aliphatic carbocycles. The first kappa shape index (κ1) is 21.0. The van der Waals surface area contributed by atoms with Gasteiger partial charge >= 0.3 is 0 Å². The largest absolute Gasteiger partial charge is 0.330 e. The monoisotopic (exact) mass is 429 g/mol. The minimum atomic E-state index is -0.825. The molecule has 1 amide bonds. The van der Waals surface area contributed by atoms with Crippen molar-refractivity contribution >= 4 is 22.7 Å². The van der Waals surface area contributed by atoms with Crippen molar-refractivity contribution in [3.63, 3.8) is 0 Å². The van der Waals surface area contributed by atoms with Crippen molar-refractivity contribution in [2.45, 2.75) is 43.4 Å². The standard InChI is InChI=1S/C23H25F2N3OS/c24-18-11-12-20(25)19(15-18)21-27-28(22(29)16-7-4-5-8-16)23(30-21,13-6-14-26)17-9-2-1-3-10-17/h1-3,9-12,15-16H,4-8,13-14,26H2. The quantitative estimate of drug-likeness (QED) is 0.704. The Labute approximate surface area is 179 Å². The number of hydrazone groups is 1. The van der Waals surface area contributed by atoms with Crippen LogP contribution in [0.4, 0.5) is 8.78 Å². The molecule has 7 heteroatoms. The number of carbonyl (C=O) groups is 1. The van der Waals surface area contributed by atoms with Crippen LogP contribution in [-0.4, -0.2) is 22.5 Å². The van der Waals surface area contributed by atoms with Crippen LogP contribution in [0.2, 0.25) is 0 Å². The predicted octanol–water partition coefficient (Wildman–Crippen LogP) is 4.98. The van der Waals surface area contributed by atoms with Gasteiger partial charge in [0.25, 0.3) is 0 Å². The number of amides is 1. The summed E-state index contributed by atoms with van der Waals surface area (Å²) in [6.45, 7) is 0.463. The van der Waals surface area contributed by atoms with Gasteiger partial charge in [0.05, 0.1) is 0 Å². The first-order valence-electron chi connectivity index (χ1n) is 10.4. The molecule has 1 unspecified atom stereocenters. The molecule has 2 aromatic rings. The number of thioether (sulfide) groups is 1. The Morgan fingerprint density at radius 2 is 1.90 bits per heavy atom. The third-order valence-corrected chi connectivity index (χ3v) is 7.26. The van der Waals surface area contributed by atoms with E-state index in [0.29, 0.717) is 24.4 Å². The lowest BCUT2D eigenvalue weighted by Crippen LogP contribution is -2.44. The fraction of sp³-hybridized carbons (Fsp3) is 0.391. The van der Waals surface area contributed by atoms with Gasteiger partial charge in [-0.1, -0.05) is 54.9 Å². The minimum Gasteiger partial charge on any atom is -0.330 e. The Balaban J connectivity index is 1.82. The lowest BCUT2D eigenvalue weighted by atomic mass is 9.98. The van der Waals surface area contributed by atoms with Crippen molar-refractivity contribution in [2.24, 2.45) is 16.8 Å². The van der Waals surface area contributed by atoms with E-state index in [1.807, 2.05) is 30.3 Å². The van der Waals surface area contributed by atoms with E-state index in [1.165, 1.54) is 11.8 Å². The normalized spacial score (nSPS) is 21.8. The highest BCUT2D eigenvalue weighted by Gasteiger charge is 2.50. The van der Waals surface area contributed by atoms with Crippen LogP contribution in [0.5, 0.6) is 0 Å². The molecule has 30 heavy (non-hydrogen) atoms. The molecule has 1 fully saturated rings. The number of halogens is 2. The maximum absolute atomic E-state index is 14.6. The molecule has 1 atom stereocenters. The molecule has 4 rings (SSSR count). The zero-order chi connectivity index (χ0) is 21.1. The first-order valence-corrected chi connectivity index (χ1v) is 11.2. The van der Waals surface area contributed by atoms with Gasteiger partial charge in [0.15, 0.2) is 0 Å². The summed E-state index contributed by atoms with van der Waals surface area (Å²) in [5, 5.41) is 6.46. The van der Waals surface area contributed by atoms with Crippen LogP contribution in [0.3, 0.4) is 0 Å². The molecule has 4 nitrogen and oxygen atoms in total. The SMILES string of the molecule is NCCCC1(c2ccccc2)SC(c2cc(F)ccc2F)=NN1C(=O)C1CCCC1. The van der Waals surface area contributed by atoms with Crippen molar-refractivity contribution in [1.29, 1.82) is 0 Å². The number of nitrogens with two attached hydrogens (primary N) is 1. The molecule has 0 aromatic heterocycles. The Hall–Kier alpha value is -2.25. The number of hydrogen-bond donors (Lipinski definition) is 1. The number of hydrogen-bond acceptors (Lipinski definition) is 4. The fourth-order valence-corrected chi connectivity index (χ4v) is 5.69. The molecule has 2 N–H and O–H groups in total. The van der Waals surface area contributed by atoms with Crippen LogP contribution in [0, 0.1) is 17.6 Å². The summed E-state index contributed by atoms with van der Waals surface area (Å²) in [5.41, 5.74) is 6.80. The zero-order valence-electron chi connectivity index (χ0n) is 16.7. The summed E-state index contributed by atoms with van der Waals surface area (Å²) in [6.07, 6.45) is 4.95. The molecule has 0 saturated heterocycles. The summed E-state index contributed by atoms with van der Waals surface area (Å²) in [7, 11) is 0. The van der Waals surface area contributed by atoms with E-state index in [0.717, 1.165) is 49.4 Å². The van der Waals surface area contributed by atoms with Crippen LogP contribution in [0.15, 0.2) is 53.6 Å². The van der Waals surface area contributed by atoms with Crippen LogP contribution in [0.25, 0.3) is 0 Å². The minimum absolute atomic E-state index is 0.0484. The average molecular weight is 430 g/mol. The molecule has 0 spiro atoms. The van der Waals surface area contributed by atoms with Crippen LogP contribution in [-0.2, 0) is 9.67 Å². The van der Waals surface area contributed by atoms with Gasteiger partial charge in [-0.05, 0) is 56.0 Å². The zero-order valence-corrected chi connectivity index (χ0v) is 17.5. The van der Waals surface area contributed by atoms with Gasteiger partial charge in [-0.3, -0.25) is 4.79 Å². The van der Waals surface area contributed by atoms with Gasteiger partial charge in [-0.2, -0.15) is 5.10 Å². The highest BCUT2D eigenvalue weighted by Crippen LogP contribution is 2.51. The Kier molecular flexibility index (Phi) is 6.20. The van der Waals surface area contributed by atoms with Crippen molar-refractivity contribution in [1.82, 2.24) is 5.01 Å². The molecule has 1 heterocycles. The van der Waals surface area contributed by atoms with Crippen molar-refractivity contribution in [3.05, 3.63) is 71.3 Å². The number of rotatable bonds is 6. The smallest absolute Gasteiger partial charge is 0.247 e. The summed E-state index contributed by atoms with van der Waals surface area (Å²) in [4.78, 5) is 12.7. The Morgan fingerprint density at radius 3 is 2.60 bits per heavy atom. The Bertz CT molecular complexity index is 947. The predicted molar refractivity (Wildman–Crippen MR) is 116 cm³/mol. The maximum Gasteiger partial charge on any atom is 0.247 e. The molecule has 2 aliphatic rings. The van der Waals surface area contributed by atoms with E-state index in [-0.39, 0.29) is 17.4 Å². The van der Waals surface area contributed by atoms with Gasteiger partial charge in [0.2, 0.25) is 5.91 Å². The van der Waals surface area contributed by atoms with Crippen molar-refractivity contribution in [3.8, 4) is 0 Å². The molecule has 2 aromatic carbocycles. The first-order chi connectivity index (χ1) is 14.5. The van der Waals surface area contributed by atoms with Gasteiger partial charge in [0.1, 0.15) is 21.5 Å². The van der Waals surface area contributed by atoms with E-state index < -0.39 is 16.5 Å². The van der Waals surface area contributed by atoms with E-state index in [4.69, 9.17) is 5.73 Å². The maximum atomic E-state index is 14.6. The third kappa shape index (κ3) is 3.88. The second-order valence-electron chi connectivity index (χ2n) is 7.81. The second kappa shape index (κ2) is 8.86. The van der Waals surface area contributed by atoms with E-state index >= 15 is 0 Å². The molecular weight excluding hydrogens is 404 g/mol. The number of benzene rings is 2. The Morgan fingerprint density at radius 1 is 1.17 bits per heavy atom. The van der Waals surface area contributed by atoms with E-state index in [2.05, 4.69) is 5.10 Å². The van der Waals surface area contributed by atoms with E-state index in [9.17, 15) is 13.6 Å². The number of carbonyl (C=O) groups excluding carboxylic acids is 1. The van der Waals surface area contributed by atoms with Crippen molar-refractivity contribution < 1.29 is 13.6 Å². The number of nitrogens with zero attached hydrogens (tertiary/aromatic N) is 2. The lowest BCUT2D eigenvalue weighted by Gasteiger charge is -2.37. The fourth-order valence-electron chi connectivity index (χ4n) is 4.26. The van der Waals surface area contributed by atoms with Gasteiger partial charge < -0.3 is 5.73 Å². The summed E-state index contributed by atoms with van der Waals surface area (Å²) in [5.74, 6) is -1.24. The van der Waals surface area contributed by atoms with Gasteiger partial charge in [0, 0.05) is 11.5 Å². The van der Waals surface area contributed by atoms with Gasteiger partial charge in [-0.15, -0.1) is 0 Å². The van der Waals surface area contributed by atoms with Crippen LogP contribution < -0.4 is 5.73 Å². The topological polar surface area (TPSA) is 58.7 Å². The molecular formula is C23H25F2N3OS. The van der Waals surface area contributed by atoms with Crippen molar-refractivity contribution in [2.75, 3.05) is 6.54 Å². The summed E-state index contributed by atoms with van der Waals surface area (Å²) < 4.78 is 28.5. The molecule has 0 radical (unpaired) electrons.